The van der Waals surface area contributed by atoms with E-state index >= 15 is 0 Å². The summed E-state index contributed by atoms with van der Waals surface area (Å²) >= 11 is 0. The number of allylic oxidation sites excluding steroid dienone is 4. The second-order valence-electron chi connectivity index (χ2n) is 10.5. The minimum absolute atomic E-state index is 0.00429. The van der Waals surface area contributed by atoms with Crippen molar-refractivity contribution in [3.63, 3.8) is 0 Å². The molecule has 0 bridgehead atoms. The lowest BCUT2D eigenvalue weighted by molar-refractivity contribution is -0.199. The van der Waals surface area contributed by atoms with E-state index in [-0.39, 0.29) is 35.1 Å². The van der Waals surface area contributed by atoms with Gasteiger partial charge < -0.3 is 9.47 Å². The second kappa shape index (κ2) is 6.88. The molecule has 0 heterocycles. The number of hydrogen-bond donors (Lipinski definition) is 0. The van der Waals surface area contributed by atoms with Crippen molar-refractivity contribution in [3.8, 4) is 0 Å². The van der Waals surface area contributed by atoms with E-state index < -0.39 is 5.60 Å². The number of carbonyl (C=O) groups excluding carboxylic acids is 2. The number of Topliss-reactive ketones (excluding diaryl/α,β-unsaturated/α-hetero) is 1. The molecule has 0 saturated heterocycles. The van der Waals surface area contributed by atoms with Crippen LogP contribution in [0.4, 0.5) is 0 Å². The van der Waals surface area contributed by atoms with Gasteiger partial charge in [0.1, 0.15) is 12.4 Å². The van der Waals surface area contributed by atoms with Gasteiger partial charge in [0.05, 0.1) is 0 Å². The Morgan fingerprint density at radius 2 is 1.93 bits per heavy atom. The molecule has 160 valence electrons. The molecule has 2 saturated carbocycles. The number of ether oxygens (including phenoxy) is 2. The monoisotopic (exact) mass is 400 g/mol. The van der Waals surface area contributed by atoms with Gasteiger partial charge in [-0.15, -0.1) is 0 Å². The average molecular weight is 401 g/mol. The Morgan fingerprint density at radius 1 is 1.21 bits per heavy atom. The van der Waals surface area contributed by atoms with Gasteiger partial charge in [0, 0.05) is 24.4 Å². The van der Waals surface area contributed by atoms with E-state index in [1.807, 2.05) is 6.08 Å². The molecule has 4 nitrogen and oxygen atoms in total. The summed E-state index contributed by atoms with van der Waals surface area (Å²) in [4.78, 5) is 25.2. The molecule has 0 unspecified atom stereocenters. The zero-order chi connectivity index (χ0) is 21.2. The lowest BCUT2D eigenvalue weighted by atomic mass is 9.48. The van der Waals surface area contributed by atoms with Crippen LogP contribution in [0.2, 0.25) is 0 Å². The number of rotatable bonds is 4. The summed E-state index contributed by atoms with van der Waals surface area (Å²) in [6.45, 7) is 10.9. The molecule has 0 aliphatic heterocycles. The highest BCUT2D eigenvalue weighted by atomic mass is 16.7. The topological polar surface area (TPSA) is 52.6 Å². The van der Waals surface area contributed by atoms with Gasteiger partial charge in [0.2, 0.25) is 0 Å². The number of methoxy groups -OCH3 is 1. The van der Waals surface area contributed by atoms with Crippen molar-refractivity contribution in [2.75, 3.05) is 13.9 Å². The fraction of sp³-hybridized carbons (Fsp3) is 0.760. The normalized spacial score (nSPS) is 46.3. The zero-order valence-corrected chi connectivity index (χ0v) is 18.8. The lowest BCUT2D eigenvalue weighted by Crippen LogP contribution is -2.58. The predicted octanol–water partition coefficient (Wildman–Crippen LogP) is 4.88. The molecule has 4 heteroatoms. The zero-order valence-electron chi connectivity index (χ0n) is 18.8. The van der Waals surface area contributed by atoms with Crippen LogP contribution in [0.25, 0.3) is 0 Å². The Labute approximate surface area is 175 Å². The average Bonchev–Trinajstić information content (AvgIpc) is 2.89. The Hall–Kier alpha value is -1.26. The van der Waals surface area contributed by atoms with Crippen LogP contribution in [0.3, 0.4) is 0 Å². The quantitative estimate of drug-likeness (QED) is 0.499. The van der Waals surface area contributed by atoms with Crippen LogP contribution in [0.5, 0.6) is 0 Å². The van der Waals surface area contributed by atoms with E-state index in [4.69, 9.17) is 9.47 Å². The lowest BCUT2D eigenvalue weighted by Gasteiger charge is -2.56. The number of carbonyl (C=O) groups is 2. The van der Waals surface area contributed by atoms with Crippen molar-refractivity contribution in [2.45, 2.75) is 72.3 Å². The van der Waals surface area contributed by atoms with Crippen molar-refractivity contribution in [1.82, 2.24) is 0 Å². The first-order valence-electron chi connectivity index (χ1n) is 11.2. The van der Waals surface area contributed by atoms with Gasteiger partial charge in [-0.05, 0) is 62.4 Å². The first kappa shape index (κ1) is 21.0. The van der Waals surface area contributed by atoms with Crippen molar-refractivity contribution >= 4 is 11.6 Å². The molecule has 0 amide bonds. The largest absolute Gasteiger partial charge is 0.359 e. The van der Waals surface area contributed by atoms with E-state index in [9.17, 15) is 9.59 Å². The smallest absolute Gasteiger partial charge is 0.162 e. The second-order valence-corrected chi connectivity index (χ2v) is 10.5. The molecule has 2 fully saturated rings. The fourth-order valence-corrected chi connectivity index (χ4v) is 7.91. The summed E-state index contributed by atoms with van der Waals surface area (Å²) in [6, 6.07) is 0. The fourth-order valence-electron chi connectivity index (χ4n) is 7.91. The van der Waals surface area contributed by atoms with Gasteiger partial charge in [-0.25, -0.2) is 0 Å². The third-order valence-corrected chi connectivity index (χ3v) is 9.13. The molecule has 4 rings (SSSR count). The molecule has 0 aromatic rings. The highest BCUT2D eigenvalue weighted by Crippen LogP contribution is 2.68. The molecule has 0 spiro atoms. The first-order valence-corrected chi connectivity index (χ1v) is 11.2. The third-order valence-electron chi connectivity index (χ3n) is 9.13. The molecule has 0 aromatic carbocycles. The van der Waals surface area contributed by atoms with Crippen LogP contribution in [0.1, 0.15) is 66.7 Å². The number of ketones is 2. The molecule has 0 N–H and O–H groups in total. The standard InChI is InChI=1S/C25H36O4/c1-15-11-19-20(23(4)9-7-18(27)13-21(15)23)8-10-24(5)22(19)12-16(2)25(24,17(3)26)29-14-28-6/h8,13,15-16,19,22H,7,9-12,14H2,1-6H3/t15-,16-,19+,22-,23+,24-,25-/m0/s1. The molecule has 0 radical (unpaired) electrons. The van der Waals surface area contributed by atoms with Gasteiger partial charge >= 0.3 is 0 Å². The summed E-state index contributed by atoms with van der Waals surface area (Å²) < 4.78 is 11.5. The summed E-state index contributed by atoms with van der Waals surface area (Å²) in [6.07, 6.45) is 8.84. The number of fused-ring (bicyclic) bond motifs is 5. The highest BCUT2D eigenvalue weighted by Gasteiger charge is 2.68. The maximum atomic E-state index is 13.0. The van der Waals surface area contributed by atoms with Crippen molar-refractivity contribution in [1.29, 1.82) is 0 Å². The molecule has 7 atom stereocenters. The van der Waals surface area contributed by atoms with Crippen molar-refractivity contribution < 1.29 is 19.1 Å². The number of hydrogen-bond acceptors (Lipinski definition) is 4. The summed E-state index contributed by atoms with van der Waals surface area (Å²) in [5.41, 5.74) is 1.83. The maximum absolute atomic E-state index is 13.0. The Morgan fingerprint density at radius 3 is 2.59 bits per heavy atom. The first-order chi connectivity index (χ1) is 13.6. The minimum Gasteiger partial charge on any atom is -0.359 e. The van der Waals surface area contributed by atoms with Crippen LogP contribution < -0.4 is 0 Å². The molecule has 4 aliphatic rings. The van der Waals surface area contributed by atoms with E-state index in [2.05, 4.69) is 33.8 Å². The summed E-state index contributed by atoms with van der Waals surface area (Å²) in [7, 11) is 1.62. The molecule has 0 aromatic heterocycles. The van der Waals surface area contributed by atoms with Gasteiger partial charge in [0.25, 0.3) is 0 Å². The van der Waals surface area contributed by atoms with Crippen molar-refractivity contribution in [2.24, 2.45) is 34.5 Å². The molecular formula is C25H36O4. The van der Waals surface area contributed by atoms with Crippen molar-refractivity contribution in [3.05, 3.63) is 23.3 Å². The van der Waals surface area contributed by atoms with Gasteiger partial charge in [0.15, 0.2) is 11.6 Å². The highest BCUT2D eigenvalue weighted by molar-refractivity contribution is 5.92. The molecule has 4 aliphatic carbocycles. The van der Waals surface area contributed by atoms with E-state index in [0.29, 0.717) is 24.2 Å². The summed E-state index contributed by atoms with van der Waals surface area (Å²) in [5, 5.41) is 0. The predicted molar refractivity (Wildman–Crippen MR) is 112 cm³/mol. The Kier molecular flexibility index (Phi) is 4.98. The van der Waals surface area contributed by atoms with Gasteiger partial charge in [-0.1, -0.05) is 44.9 Å². The van der Waals surface area contributed by atoms with E-state index in [0.717, 1.165) is 25.7 Å². The van der Waals surface area contributed by atoms with Gasteiger partial charge in [-0.2, -0.15) is 0 Å². The van der Waals surface area contributed by atoms with Crippen LogP contribution in [-0.2, 0) is 19.1 Å². The van der Waals surface area contributed by atoms with Crippen LogP contribution >= 0.6 is 0 Å². The molecular weight excluding hydrogens is 364 g/mol. The SMILES string of the molecule is COCO[C@]1(C(C)=O)[C@@H](C)C[C@H]2[C@@H]3C[C@H](C)C4=CC(=O)CC[C@]4(C)C3=CC[C@@]21C. The maximum Gasteiger partial charge on any atom is 0.162 e. The third kappa shape index (κ3) is 2.64. The van der Waals surface area contributed by atoms with E-state index in [1.54, 1.807) is 14.0 Å². The summed E-state index contributed by atoms with van der Waals surface area (Å²) in [5.74, 6) is 1.83. The van der Waals surface area contributed by atoms with Crippen LogP contribution in [0.15, 0.2) is 23.3 Å². The van der Waals surface area contributed by atoms with Crippen LogP contribution in [0, 0.1) is 34.5 Å². The van der Waals surface area contributed by atoms with E-state index in [1.165, 1.54) is 11.1 Å². The van der Waals surface area contributed by atoms with Gasteiger partial charge in [-0.3, -0.25) is 9.59 Å². The Bertz CT molecular complexity index is 795. The Balaban J connectivity index is 1.80. The van der Waals surface area contributed by atoms with Crippen LogP contribution in [-0.4, -0.2) is 31.1 Å². The molecule has 29 heavy (non-hydrogen) atoms. The minimum atomic E-state index is -0.793.